The van der Waals surface area contributed by atoms with Crippen LogP contribution in [0.5, 0.6) is 5.75 Å². The Bertz CT molecular complexity index is 741. The smallest absolute Gasteiger partial charge is 0.255 e. The maximum absolute atomic E-state index is 12.5. The van der Waals surface area contributed by atoms with E-state index in [0.29, 0.717) is 29.1 Å². The zero-order chi connectivity index (χ0) is 18.2. The third-order valence-electron chi connectivity index (χ3n) is 3.42. The van der Waals surface area contributed by atoms with Crippen LogP contribution in [0.4, 0.5) is 5.69 Å². The van der Waals surface area contributed by atoms with Crippen LogP contribution < -0.4 is 15.4 Å². The summed E-state index contributed by atoms with van der Waals surface area (Å²) in [4.78, 5) is 24.8. The molecular weight excluding hydrogens is 316 g/mol. The number of anilines is 1. The number of carbonyl (C=O) groups excluding carboxylic acids is 2. The number of amides is 2. The van der Waals surface area contributed by atoms with Crippen molar-refractivity contribution in [3.63, 3.8) is 0 Å². The van der Waals surface area contributed by atoms with Gasteiger partial charge in [0.15, 0.2) is 0 Å². The number of rotatable bonds is 7. The van der Waals surface area contributed by atoms with Crippen LogP contribution in [-0.2, 0) is 0 Å². The maximum Gasteiger partial charge on any atom is 0.255 e. The van der Waals surface area contributed by atoms with E-state index in [-0.39, 0.29) is 17.9 Å². The Morgan fingerprint density at radius 1 is 1.04 bits per heavy atom. The second-order valence-corrected chi connectivity index (χ2v) is 5.95. The van der Waals surface area contributed by atoms with Crippen LogP contribution in [0, 0.1) is 0 Å². The molecule has 2 aromatic rings. The van der Waals surface area contributed by atoms with E-state index in [1.165, 1.54) is 0 Å². The first-order chi connectivity index (χ1) is 12.0. The number of carbonyl (C=O) groups is 2. The van der Waals surface area contributed by atoms with Crippen molar-refractivity contribution in [2.45, 2.75) is 33.3 Å². The molecule has 0 radical (unpaired) electrons. The average molecular weight is 340 g/mol. The molecule has 0 aromatic heterocycles. The molecule has 5 nitrogen and oxygen atoms in total. The van der Waals surface area contributed by atoms with Crippen molar-refractivity contribution in [1.29, 1.82) is 0 Å². The molecule has 0 fully saturated rings. The van der Waals surface area contributed by atoms with Gasteiger partial charge in [0.2, 0.25) is 0 Å². The summed E-state index contributed by atoms with van der Waals surface area (Å²) in [6.07, 6.45) is 0.879. The van der Waals surface area contributed by atoms with Gasteiger partial charge in [0.05, 0.1) is 17.4 Å². The van der Waals surface area contributed by atoms with Crippen molar-refractivity contribution >= 4 is 17.5 Å². The highest BCUT2D eigenvalue weighted by Gasteiger charge is 2.14. The minimum Gasteiger partial charge on any atom is -0.491 e. The summed E-state index contributed by atoms with van der Waals surface area (Å²) in [5.74, 6) is 0.149. The van der Waals surface area contributed by atoms with Crippen LogP contribution in [0.15, 0.2) is 48.5 Å². The number of hydrogen-bond donors (Lipinski definition) is 2. The fourth-order valence-corrected chi connectivity index (χ4v) is 2.30. The minimum absolute atomic E-state index is 0.0290. The normalized spacial score (nSPS) is 10.4. The fraction of sp³-hybridized carbons (Fsp3) is 0.300. The molecule has 0 saturated carbocycles. The molecule has 0 unspecified atom stereocenters. The number of benzene rings is 2. The lowest BCUT2D eigenvalue weighted by atomic mass is 10.1. The molecule has 2 rings (SSSR count). The molecule has 0 spiro atoms. The predicted molar refractivity (Wildman–Crippen MR) is 99.2 cm³/mol. The van der Waals surface area contributed by atoms with Gasteiger partial charge in [-0.3, -0.25) is 9.59 Å². The Morgan fingerprint density at radius 3 is 2.52 bits per heavy atom. The van der Waals surface area contributed by atoms with Crippen LogP contribution in [0.1, 0.15) is 47.9 Å². The van der Waals surface area contributed by atoms with Crippen molar-refractivity contribution in [3.05, 3.63) is 59.7 Å². The Balaban J connectivity index is 2.17. The molecule has 0 aliphatic rings. The van der Waals surface area contributed by atoms with E-state index >= 15 is 0 Å². The van der Waals surface area contributed by atoms with Gasteiger partial charge in [0.25, 0.3) is 11.8 Å². The van der Waals surface area contributed by atoms with Crippen molar-refractivity contribution in [1.82, 2.24) is 5.32 Å². The Kier molecular flexibility index (Phi) is 6.57. The summed E-state index contributed by atoms with van der Waals surface area (Å²) in [6, 6.07) is 13.9. The van der Waals surface area contributed by atoms with E-state index in [9.17, 15) is 9.59 Å². The molecule has 2 amide bonds. The molecule has 0 heterocycles. The van der Waals surface area contributed by atoms with Gasteiger partial charge in [-0.15, -0.1) is 0 Å². The fourth-order valence-electron chi connectivity index (χ4n) is 2.30. The van der Waals surface area contributed by atoms with Gasteiger partial charge in [0, 0.05) is 12.1 Å². The van der Waals surface area contributed by atoms with E-state index in [4.69, 9.17) is 4.74 Å². The van der Waals surface area contributed by atoms with Crippen molar-refractivity contribution in [3.8, 4) is 5.75 Å². The topological polar surface area (TPSA) is 67.4 Å². The lowest BCUT2D eigenvalue weighted by Crippen LogP contribution is -2.25. The van der Waals surface area contributed by atoms with E-state index in [1.54, 1.807) is 42.5 Å². The Morgan fingerprint density at radius 2 is 1.80 bits per heavy atom. The summed E-state index contributed by atoms with van der Waals surface area (Å²) >= 11 is 0. The highest BCUT2D eigenvalue weighted by Crippen LogP contribution is 2.19. The maximum atomic E-state index is 12.5. The summed E-state index contributed by atoms with van der Waals surface area (Å²) in [5, 5.41) is 5.63. The number of nitrogens with one attached hydrogen (secondary N) is 2. The van der Waals surface area contributed by atoms with Gasteiger partial charge in [-0.1, -0.05) is 25.1 Å². The van der Waals surface area contributed by atoms with Gasteiger partial charge in [-0.2, -0.15) is 0 Å². The van der Waals surface area contributed by atoms with Crippen LogP contribution in [0.2, 0.25) is 0 Å². The first-order valence-corrected chi connectivity index (χ1v) is 8.46. The van der Waals surface area contributed by atoms with E-state index < -0.39 is 0 Å². The molecular formula is C20H24N2O3. The minimum atomic E-state index is -0.287. The molecule has 0 aliphatic carbocycles. The number of hydrogen-bond acceptors (Lipinski definition) is 3. The number of ether oxygens (including phenoxy) is 1. The SMILES string of the molecule is CCCNC(=O)c1ccccc1NC(=O)c1cccc(OC(C)C)c1. The second kappa shape index (κ2) is 8.87. The Labute approximate surface area is 148 Å². The molecule has 2 N–H and O–H groups in total. The predicted octanol–water partition coefficient (Wildman–Crippen LogP) is 3.87. The van der Waals surface area contributed by atoms with Gasteiger partial charge in [0.1, 0.15) is 5.75 Å². The molecule has 0 atom stereocenters. The highest BCUT2D eigenvalue weighted by atomic mass is 16.5. The molecule has 2 aromatic carbocycles. The zero-order valence-corrected chi connectivity index (χ0v) is 14.8. The third kappa shape index (κ3) is 5.35. The quantitative estimate of drug-likeness (QED) is 0.804. The molecule has 0 saturated heterocycles. The lowest BCUT2D eigenvalue weighted by Gasteiger charge is -2.13. The number of para-hydroxylation sites is 1. The summed E-state index contributed by atoms with van der Waals surface area (Å²) in [7, 11) is 0. The van der Waals surface area contributed by atoms with Crippen LogP contribution >= 0.6 is 0 Å². The first-order valence-electron chi connectivity index (χ1n) is 8.46. The van der Waals surface area contributed by atoms with Gasteiger partial charge < -0.3 is 15.4 Å². The summed E-state index contributed by atoms with van der Waals surface area (Å²) < 4.78 is 5.62. The second-order valence-electron chi connectivity index (χ2n) is 5.95. The summed E-state index contributed by atoms with van der Waals surface area (Å²) in [6.45, 7) is 6.44. The first kappa shape index (κ1) is 18.5. The van der Waals surface area contributed by atoms with Crippen LogP contribution in [0.25, 0.3) is 0 Å². The van der Waals surface area contributed by atoms with Crippen molar-refractivity contribution in [2.75, 3.05) is 11.9 Å². The van der Waals surface area contributed by atoms with Crippen molar-refractivity contribution < 1.29 is 14.3 Å². The average Bonchev–Trinajstić information content (AvgIpc) is 2.59. The van der Waals surface area contributed by atoms with Crippen molar-refractivity contribution in [2.24, 2.45) is 0 Å². The molecule has 25 heavy (non-hydrogen) atoms. The van der Waals surface area contributed by atoms with E-state index in [1.807, 2.05) is 26.8 Å². The van der Waals surface area contributed by atoms with Gasteiger partial charge in [-0.05, 0) is 50.6 Å². The monoisotopic (exact) mass is 340 g/mol. The molecule has 132 valence electrons. The van der Waals surface area contributed by atoms with E-state index in [2.05, 4.69) is 10.6 Å². The largest absolute Gasteiger partial charge is 0.491 e. The van der Waals surface area contributed by atoms with Crippen LogP contribution in [-0.4, -0.2) is 24.5 Å². The van der Waals surface area contributed by atoms with Gasteiger partial charge in [-0.25, -0.2) is 0 Å². The highest BCUT2D eigenvalue weighted by molar-refractivity contribution is 6.09. The summed E-state index contributed by atoms with van der Waals surface area (Å²) in [5.41, 5.74) is 1.40. The van der Waals surface area contributed by atoms with Gasteiger partial charge >= 0.3 is 0 Å². The molecule has 0 aliphatic heterocycles. The third-order valence-corrected chi connectivity index (χ3v) is 3.42. The molecule has 5 heteroatoms. The molecule has 0 bridgehead atoms. The van der Waals surface area contributed by atoms with E-state index in [0.717, 1.165) is 6.42 Å². The standard InChI is InChI=1S/C20H24N2O3/c1-4-12-21-20(24)17-10-5-6-11-18(17)22-19(23)15-8-7-9-16(13-15)25-14(2)3/h5-11,13-14H,4,12H2,1-3H3,(H,21,24)(H,22,23). The van der Waals surface area contributed by atoms with Crippen LogP contribution in [0.3, 0.4) is 0 Å². The zero-order valence-electron chi connectivity index (χ0n) is 14.8. The lowest BCUT2D eigenvalue weighted by molar-refractivity contribution is 0.0954. The Hall–Kier alpha value is -2.82.